The molecular formula is C20H19F4N3O2. The van der Waals surface area contributed by atoms with Gasteiger partial charge in [0.15, 0.2) is 5.69 Å². The zero-order chi connectivity index (χ0) is 20.9. The zero-order valence-corrected chi connectivity index (χ0v) is 15.6. The number of halogens is 4. The minimum absolute atomic E-state index is 0.0263. The number of anilines is 1. The molecule has 1 aliphatic carbocycles. The Bertz CT molecular complexity index is 949. The lowest BCUT2D eigenvalue weighted by molar-refractivity contribution is -0.140. The summed E-state index contributed by atoms with van der Waals surface area (Å²) >= 11 is 0. The van der Waals surface area contributed by atoms with Gasteiger partial charge >= 0.3 is 12.1 Å². The molecule has 2 aliphatic rings. The van der Waals surface area contributed by atoms with E-state index in [1.165, 1.54) is 18.2 Å². The van der Waals surface area contributed by atoms with Gasteiger partial charge in [-0.15, -0.1) is 0 Å². The molecule has 9 heteroatoms. The van der Waals surface area contributed by atoms with Gasteiger partial charge in [0.25, 0.3) is 0 Å². The number of nitrogens with zero attached hydrogens (tertiary/aromatic N) is 3. The molecule has 1 N–H and O–H groups in total. The fourth-order valence-electron chi connectivity index (χ4n) is 4.70. The summed E-state index contributed by atoms with van der Waals surface area (Å²) in [6, 6.07) is 4.94. The Labute approximate surface area is 164 Å². The van der Waals surface area contributed by atoms with Gasteiger partial charge in [0.1, 0.15) is 5.82 Å². The van der Waals surface area contributed by atoms with Crippen molar-refractivity contribution < 1.29 is 27.5 Å². The van der Waals surface area contributed by atoms with Gasteiger partial charge < -0.3 is 10.0 Å². The van der Waals surface area contributed by atoms with E-state index >= 15 is 0 Å². The Kier molecular flexibility index (Phi) is 4.71. The number of benzene rings is 1. The molecule has 0 spiro atoms. The fraction of sp³-hybridized carbons (Fsp3) is 0.450. The monoisotopic (exact) mass is 409 g/mol. The van der Waals surface area contributed by atoms with Crippen LogP contribution in [0.1, 0.15) is 46.1 Å². The van der Waals surface area contributed by atoms with Gasteiger partial charge in [0, 0.05) is 18.8 Å². The van der Waals surface area contributed by atoms with Gasteiger partial charge in [-0.3, -0.25) is 0 Å². The molecule has 1 saturated heterocycles. The van der Waals surface area contributed by atoms with E-state index < -0.39 is 23.5 Å². The molecule has 0 amide bonds. The number of aryl methyl sites for hydroxylation is 1. The molecule has 1 saturated carbocycles. The van der Waals surface area contributed by atoms with Gasteiger partial charge in [-0.05, 0) is 55.2 Å². The minimum Gasteiger partial charge on any atom is -0.477 e. The molecule has 1 aliphatic heterocycles. The van der Waals surface area contributed by atoms with E-state index in [9.17, 15) is 27.5 Å². The molecule has 154 valence electrons. The standard InChI is InChI=1S/C20H19F4N3O2/c1-10-5-16(18(28)29)26-19(25-10)27-8-12-6-11(7-13(12)9-27)14-3-2-4-15(21)17(14)20(22,23)24/h2-5,11-13H,6-9H2,1H3,(H,28,29)/t11?,12-,13+. The summed E-state index contributed by atoms with van der Waals surface area (Å²) in [4.78, 5) is 21.5. The minimum atomic E-state index is -4.73. The third-order valence-corrected chi connectivity index (χ3v) is 5.86. The molecule has 4 rings (SSSR count). The summed E-state index contributed by atoms with van der Waals surface area (Å²) in [6.07, 6.45) is -3.69. The molecule has 0 radical (unpaired) electrons. The lowest BCUT2D eigenvalue weighted by Gasteiger charge is -2.22. The van der Waals surface area contributed by atoms with Crippen LogP contribution >= 0.6 is 0 Å². The SMILES string of the molecule is Cc1cc(C(=O)O)nc(N2C[C@H]3CC(c4cccc(F)c4C(F)(F)F)C[C@H]3C2)n1. The van der Waals surface area contributed by atoms with E-state index in [0.29, 0.717) is 37.6 Å². The number of fused-ring (bicyclic) bond motifs is 1. The second kappa shape index (κ2) is 6.96. The number of carboxylic acids is 1. The van der Waals surface area contributed by atoms with Crippen molar-refractivity contribution in [2.24, 2.45) is 11.8 Å². The van der Waals surface area contributed by atoms with Crippen LogP contribution in [-0.4, -0.2) is 34.1 Å². The Balaban J connectivity index is 1.54. The van der Waals surface area contributed by atoms with Crippen LogP contribution in [0.2, 0.25) is 0 Å². The number of carbonyl (C=O) groups is 1. The van der Waals surface area contributed by atoms with Gasteiger partial charge in [-0.2, -0.15) is 13.2 Å². The number of carboxylic acid groups (broad SMARTS) is 1. The van der Waals surface area contributed by atoms with Crippen LogP contribution in [0.25, 0.3) is 0 Å². The summed E-state index contributed by atoms with van der Waals surface area (Å²) in [5.41, 5.74) is -0.678. The van der Waals surface area contributed by atoms with Crippen LogP contribution in [0.3, 0.4) is 0 Å². The topological polar surface area (TPSA) is 66.3 Å². The normalized spacial score (nSPS) is 24.0. The summed E-state index contributed by atoms with van der Waals surface area (Å²) in [6.45, 7) is 2.77. The van der Waals surface area contributed by atoms with Crippen molar-refractivity contribution in [1.82, 2.24) is 9.97 Å². The lowest BCUT2D eigenvalue weighted by atomic mass is 9.91. The average molecular weight is 409 g/mol. The first-order chi connectivity index (χ1) is 13.6. The highest BCUT2D eigenvalue weighted by Gasteiger charge is 2.45. The van der Waals surface area contributed by atoms with Crippen molar-refractivity contribution in [3.05, 3.63) is 52.6 Å². The average Bonchev–Trinajstić information content (AvgIpc) is 3.18. The molecule has 1 aromatic heterocycles. The van der Waals surface area contributed by atoms with E-state index in [0.717, 1.165) is 6.07 Å². The zero-order valence-electron chi connectivity index (χ0n) is 15.6. The number of rotatable bonds is 3. The second-order valence-electron chi connectivity index (χ2n) is 7.80. The summed E-state index contributed by atoms with van der Waals surface area (Å²) in [5.74, 6) is -2.14. The molecule has 2 fully saturated rings. The number of aromatic nitrogens is 2. The highest BCUT2D eigenvalue weighted by atomic mass is 19.4. The third-order valence-electron chi connectivity index (χ3n) is 5.86. The molecule has 3 atom stereocenters. The summed E-state index contributed by atoms with van der Waals surface area (Å²) in [5, 5.41) is 9.18. The smallest absolute Gasteiger partial charge is 0.419 e. The van der Waals surface area contributed by atoms with Crippen LogP contribution in [0.4, 0.5) is 23.5 Å². The van der Waals surface area contributed by atoms with Gasteiger partial charge in [0.05, 0.1) is 5.56 Å². The van der Waals surface area contributed by atoms with Gasteiger partial charge in [-0.1, -0.05) is 12.1 Å². The highest BCUT2D eigenvalue weighted by molar-refractivity contribution is 5.85. The molecular weight excluding hydrogens is 390 g/mol. The molecule has 0 bridgehead atoms. The van der Waals surface area contributed by atoms with Gasteiger partial charge in [0.2, 0.25) is 5.95 Å². The molecule has 2 heterocycles. The third kappa shape index (κ3) is 3.65. The molecule has 29 heavy (non-hydrogen) atoms. The van der Waals surface area contributed by atoms with Crippen molar-refractivity contribution in [2.75, 3.05) is 18.0 Å². The predicted molar refractivity (Wildman–Crippen MR) is 96.3 cm³/mol. The summed E-state index contributed by atoms with van der Waals surface area (Å²) in [7, 11) is 0. The van der Waals surface area contributed by atoms with E-state index in [2.05, 4.69) is 9.97 Å². The number of aromatic carboxylic acids is 1. The van der Waals surface area contributed by atoms with Crippen molar-refractivity contribution in [3.8, 4) is 0 Å². The first kappa shape index (κ1) is 19.6. The van der Waals surface area contributed by atoms with Crippen molar-refractivity contribution in [2.45, 2.75) is 31.9 Å². The van der Waals surface area contributed by atoms with Crippen molar-refractivity contribution in [1.29, 1.82) is 0 Å². The van der Waals surface area contributed by atoms with E-state index in [4.69, 9.17) is 0 Å². The Morgan fingerprint density at radius 3 is 2.41 bits per heavy atom. The Morgan fingerprint density at radius 2 is 1.83 bits per heavy atom. The molecule has 1 aromatic carbocycles. The molecule has 1 unspecified atom stereocenters. The van der Waals surface area contributed by atoms with Crippen LogP contribution in [0, 0.1) is 24.6 Å². The predicted octanol–water partition coefficient (Wildman–Crippen LogP) is 4.27. The largest absolute Gasteiger partial charge is 0.477 e. The quantitative estimate of drug-likeness (QED) is 0.767. The maximum atomic E-state index is 13.9. The molecule has 2 aromatic rings. The van der Waals surface area contributed by atoms with E-state index in [1.54, 1.807) is 6.92 Å². The van der Waals surface area contributed by atoms with E-state index in [-0.39, 0.29) is 29.0 Å². The van der Waals surface area contributed by atoms with E-state index in [1.807, 2.05) is 4.90 Å². The van der Waals surface area contributed by atoms with Crippen LogP contribution in [0.5, 0.6) is 0 Å². The lowest BCUT2D eigenvalue weighted by Crippen LogP contribution is -2.25. The number of hydrogen-bond acceptors (Lipinski definition) is 4. The number of hydrogen-bond donors (Lipinski definition) is 1. The van der Waals surface area contributed by atoms with Crippen molar-refractivity contribution in [3.63, 3.8) is 0 Å². The molecule has 5 nitrogen and oxygen atoms in total. The van der Waals surface area contributed by atoms with Crippen LogP contribution < -0.4 is 4.90 Å². The summed E-state index contributed by atoms with van der Waals surface area (Å²) < 4.78 is 54.0. The highest BCUT2D eigenvalue weighted by Crippen LogP contribution is 2.49. The maximum Gasteiger partial charge on any atom is 0.419 e. The van der Waals surface area contributed by atoms with Crippen molar-refractivity contribution >= 4 is 11.9 Å². The van der Waals surface area contributed by atoms with Gasteiger partial charge in [-0.25, -0.2) is 19.2 Å². The first-order valence-electron chi connectivity index (χ1n) is 9.33. The van der Waals surface area contributed by atoms with Crippen LogP contribution in [0.15, 0.2) is 24.3 Å². The second-order valence-corrected chi connectivity index (χ2v) is 7.80. The maximum absolute atomic E-state index is 13.9. The fourth-order valence-corrected chi connectivity index (χ4v) is 4.70. The first-order valence-corrected chi connectivity index (χ1v) is 9.33. The Morgan fingerprint density at radius 1 is 1.17 bits per heavy atom. The Hall–Kier alpha value is -2.71. The van der Waals surface area contributed by atoms with Crippen LogP contribution in [-0.2, 0) is 6.18 Å². The number of alkyl halides is 3.